The first-order valence-electron chi connectivity index (χ1n) is 9.28. The number of allylic oxidation sites excluding steroid dienone is 1. The first kappa shape index (κ1) is 19.9. The van der Waals surface area contributed by atoms with E-state index >= 15 is 0 Å². The zero-order valence-corrected chi connectivity index (χ0v) is 15.4. The van der Waals surface area contributed by atoms with Crippen molar-refractivity contribution in [3.63, 3.8) is 0 Å². The number of nitrogens with zero attached hydrogens (tertiary/aromatic N) is 1. The molecular weight excluding hydrogens is 367 g/mol. The van der Waals surface area contributed by atoms with E-state index in [2.05, 4.69) is 21.7 Å². The van der Waals surface area contributed by atoms with Crippen LogP contribution in [0.25, 0.3) is 0 Å². The van der Waals surface area contributed by atoms with Gasteiger partial charge in [-0.2, -0.15) is 13.2 Å². The van der Waals surface area contributed by atoms with E-state index < -0.39 is 17.6 Å². The van der Waals surface area contributed by atoms with E-state index in [1.807, 2.05) is 0 Å². The molecule has 2 aromatic rings. The Balaban J connectivity index is 1.54. The van der Waals surface area contributed by atoms with Gasteiger partial charge in [0.1, 0.15) is 5.69 Å². The Labute approximate surface area is 161 Å². The van der Waals surface area contributed by atoms with Gasteiger partial charge in [-0.25, -0.2) is 4.98 Å². The summed E-state index contributed by atoms with van der Waals surface area (Å²) in [5, 5.41) is 5.72. The van der Waals surface area contributed by atoms with Crippen LogP contribution in [-0.2, 0) is 6.18 Å². The van der Waals surface area contributed by atoms with Crippen molar-refractivity contribution in [1.29, 1.82) is 0 Å². The zero-order valence-electron chi connectivity index (χ0n) is 15.4. The Kier molecular flexibility index (Phi) is 6.34. The molecule has 2 N–H and O–H groups in total. The van der Waals surface area contributed by atoms with E-state index in [-0.39, 0.29) is 11.4 Å². The number of carbonyl (C=O) groups is 1. The maximum Gasteiger partial charge on any atom is 0.416 e. The molecule has 0 unspecified atom stereocenters. The van der Waals surface area contributed by atoms with Gasteiger partial charge in [0, 0.05) is 12.2 Å². The third kappa shape index (κ3) is 5.58. The molecule has 0 fully saturated rings. The molecule has 0 aliphatic heterocycles. The van der Waals surface area contributed by atoms with E-state index in [9.17, 15) is 18.0 Å². The highest BCUT2D eigenvalue weighted by Gasteiger charge is 2.30. The predicted molar refractivity (Wildman–Crippen MR) is 103 cm³/mol. The Morgan fingerprint density at radius 2 is 1.96 bits per heavy atom. The number of nitrogens with one attached hydrogen (secondary N) is 2. The van der Waals surface area contributed by atoms with Crippen molar-refractivity contribution in [2.24, 2.45) is 0 Å². The van der Waals surface area contributed by atoms with Gasteiger partial charge in [-0.05, 0) is 62.4 Å². The minimum absolute atomic E-state index is 0.0737. The Bertz CT molecular complexity index is 845. The summed E-state index contributed by atoms with van der Waals surface area (Å²) in [6, 6.07) is 7.80. The fourth-order valence-corrected chi connectivity index (χ4v) is 3.10. The molecule has 4 nitrogen and oxygen atoms in total. The maximum absolute atomic E-state index is 12.8. The van der Waals surface area contributed by atoms with Crippen molar-refractivity contribution in [3.05, 3.63) is 65.5 Å². The highest BCUT2D eigenvalue weighted by atomic mass is 19.4. The molecule has 0 radical (unpaired) electrons. The molecule has 7 heteroatoms. The van der Waals surface area contributed by atoms with Crippen LogP contribution >= 0.6 is 0 Å². The molecule has 0 spiro atoms. The molecule has 1 aromatic carbocycles. The number of amides is 1. The molecule has 1 heterocycles. The standard InChI is InChI=1S/C21H22F3N3O/c22-21(23,24)16-7-4-8-17(13-16)27-20(28)19-10-9-18(14-26-19)25-12-11-15-5-2-1-3-6-15/h4-5,7-10,13-14,25H,1-3,6,11-12H2,(H,27,28). The number of pyridine rings is 1. The second-order valence-electron chi connectivity index (χ2n) is 6.75. The van der Waals surface area contributed by atoms with Crippen molar-refractivity contribution >= 4 is 17.3 Å². The minimum Gasteiger partial charge on any atom is -0.383 e. The normalized spacial score (nSPS) is 14.3. The van der Waals surface area contributed by atoms with E-state index in [4.69, 9.17) is 0 Å². The average Bonchev–Trinajstić information content (AvgIpc) is 2.69. The number of alkyl halides is 3. The van der Waals surface area contributed by atoms with E-state index in [1.165, 1.54) is 30.5 Å². The first-order chi connectivity index (χ1) is 13.4. The smallest absolute Gasteiger partial charge is 0.383 e. The molecule has 0 saturated carbocycles. The summed E-state index contributed by atoms with van der Waals surface area (Å²) >= 11 is 0. The number of anilines is 2. The second kappa shape index (κ2) is 8.91. The van der Waals surface area contributed by atoms with Crippen LogP contribution in [0.3, 0.4) is 0 Å². The maximum atomic E-state index is 12.8. The van der Waals surface area contributed by atoms with E-state index in [0.717, 1.165) is 43.6 Å². The van der Waals surface area contributed by atoms with Crippen LogP contribution < -0.4 is 10.6 Å². The SMILES string of the molecule is O=C(Nc1cccc(C(F)(F)F)c1)c1ccc(NCCC2=CCCCC2)cn1. The third-order valence-electron chi connectivity index (χ3n) is 4.60. The fourth-order valence-electron chi connectivity index (χ4n) is 3.10. The van der Waals surface area contributed by atoms with Gasteiger partial charge in [0.05, 0.1) is 17.4 Å². The summed E-state index contributed by atoms with van der Waals surface area (Å²) < 4.78 is 38.3. The Morgan fingerprint density at radius 1 is 1.11 bits per heavy atom. The number of benzene rings is 1. The second-order valence-corrected chi connectivity index (χ2v) is 6.75. The van der Waals surface area contributed by atoms with Crippen molar-refractivity contribution in [1.82, 2.24) is 4.98 Å². The fraction of sp³-hybridized carbons (Fsp3) is 0.333. The van der Waals surface area contributed by atoms with Crippen LogP contribution in [0, 0.1) is 0 Å². The van der Waals surface area contributed by atoms with Crippen molar-refractivity contribution in [2.45, 2.75) is 38.3 Å². The third-order valence-corrected chi connectivity index (χ3v) is 4.60. The van der Waals surface area contributed by atoms with E-state index in [0.29, 0.717) is 0 Å². The topological polar surface area (TPSA) is 54.0 Å². The molecule has 0 bridgehead atoms. The number of rotatable bonds is 6. The number of aromatic nitrogens is 1. The minimum atomic E-state index is -4.46. The summed E-state index contributed by atoms with van der Waals surface area (Å²) in [6.45, 7) is 0.795. The highest BCUT2D eigenvalue weighted by molar-refractivity contribution is 6.03. The molecule has 1 aliphatic rings. The first-order valence-corrected chi connectivity index (χ1v) is 9.28. The number of halogens is 3. The van der Waals surface area contributed by atoms with Crippen LogP contribution in [0.1, 0.15) is 48.2 Å². The highest BCUT2D eigenvalue weighted by Crippen LogP contribution is 2.30. The van der Waals surface area contributed by atoms with Gasteiger partial charge in [-0.3, -0.25) is 4.79 Å². The molecule has 3 rings (SSSR count). The summed E-state index contributed by atoms with van der Waals surface area (Å²) in [6.07, 6.45) is 5.23. The average molecular weight is 389 g/mol. The molecule has 1 amide bonds. The lowest BCUT2D eigenvalue weighted by Gasteiger charge is -2.13. The molecule has 28 heavy (non-hydrogen) atoms. The summed E-state index contributed by atoms with van der Waals surface area (Å²) in [5.41, 5.74) is 1.67. The van der Waals surface area contributed by atoms with Gasteiger partial charge in [0.25, 0.3) is 5.91 Å². The van der Waals surface area contributed by atoms with Crippen LogP contribution in [-0.4, -0.2) is 17.4 Å². The quantitative estimate of drug-likeness (QED) is 0.627. The largest absolute Gasteiger partial charge is 0.416 e. The number of carbonyl (C=O) groups excluding carboxylic acids is 1. The Hall–Kier alpha value is -2.83. The molecule has 0 atom stereocenters. The van der Waals surface area contributed by atoms with Gasteiger partial charge in [-0.15, -0.1) is 0 Å². The monoisotopic (exact) mass is 389 g/mol. The zero-order chi connectivity index (χ0) is 20.0. The lowest BCUT2D eigenvalue weighted by Crippen LogP contribution is -2.15. The van der Waals surface area contributed by atoms with Gasteiger partial charge < -0.3 is 10.6 Å². The van der Waals surface area contributed by atoms with Gasteiger partial charge >= 0.3 is 6.18 Å². The Morgan fingerprint density at radius 3 is 2.64 bits per heavy atom. The molecule has 1 aromatic heterocycles. The molecule has 0 saturated heterocycles. The molecular formula is C21H22F3N3O. The number of hydrogen-bond donors (Lipinski definition) is 2. The molecule has 1 aliphatic carbocycles. The lowest BCUT2D eigenvalue weighted by molar-refractivity contribution is -0.137. The van der Waals surface area contributed by atoms with Gasteiger partial charge in [-0.1, -0.05) is 17.7 Å². The van der Waals surface area contributed by atoms with Gasteiger partial charge in [0.15, 0.2) is 0 Å². The lowest BCUT2D eigenvalue weighted by atomic mass is 9.97. The summed E-state index contributed by atoms with van der Waals surface area (Å²) in [4.78, 5) is 16.3. The molecule has 148 valence electrons. The summed E-state index contributed by atoms with van der Waals surface area (Å²) in [5.74, 6) is -0.557. The van der Waals surface area contributed by atoms with Crippen LogP contribution in [0.15, 0.2) is 54.2 Å². The van der Waals surface area contributed by atoms with Crippen molar-refractivity contribution in [3.8, 4) is 0 Å². The van der Waals surface area contributed by atoms with Gasteiger partial charge in [0.2, 0.25) is 0 Å². The number of hydrogen-bond acceptors (Lipinski definition) is 3. The van der Waals surface area contributed by atoms with Crippen LogP contribution in [0.2, 0.25) is 0 Å². The van der Waals surface area contributed by atoms with Crippen LogP contribution in [0.4, 0.5) is 24.5 Å². The summed E-state index contributed by atoms with van der Waals surface area (Å²) in [7, 11) is 0. The van der Waals surface area contributed by atoms with E-state index in [1.54, 1.807) is 18.3 Å². The van der Waals surface area contributed by atoms with Crippen LogP contribution in [0.5, 0.6) is 0 Å². The van der Waals surface area contributed by atoms with Crippen molar-refractivity contribution in [2.75, 3.05) is 17.2 Å². The van der Waals surface area contributed by atoms with Crippen molar-refractivity contribution < 1.29 is 18.0 Å². The predicted octanol–water partition coefficient (Wildman–Crippen LogP) is 5.66.